The Hall–Kier alpha value is -2.65. The van der Waals surface area contributed by atoms with Crippen LogP contribution in [0.25, 0.3) is 0 Å². The molecular weight excluding hydrogens is 273 g/mol. The number of nitrogens with two attached hydrogens (primary N) is 1. The highest BCUT2D eigenvalue weighted by Gasteiger charge is 2.12. The number of nitrogens with zero attached hydrogens (tertiary/aromatic N) is 1. The van der Waals surface area contributed by atoms with Crippen LogP contribution < -0.4 is 11.1 Å². The average molecular weight is 287 g/mol. The zero-order valence-corrected chi connectivity index (χ0v) is 11.4. The molecular formula is C15H14FN3O2. The van der Waals surface area contributed by atoms with Crippen LogP contribution in [0.3, 0.4) is 0 Å². The highest BCUT2D eigenvalue weighted by molar-refractivity contribution is 5.96. The standard InChI is InChI=1S/C15H14FN3O2/c1-10-8-18-14(21-10)9-19-15(20)13-5-4-12(16)7-11(13)3-2-6-17/h4-5,7-8H,6,9,17H2,1H3,(H,19,20). The van der Waals surface area contributed by atoms with Gasteiger partial charge in [0.15, 0.2) is 0 Å². The lowest BCUT2D eigenvalue weighted by Crippen LogP contribution is -2.24. The van der Waals surface area contributed by atoms with Gasteiger partial charge in [0.25, 0.3) is 5.91 Å². The number of rotatable bonds is 3. The lowest BCUT2D eigenvalue weighted by Gasteiger charge is -2.05. The Bertz CT molecular complexity index is 713. The van der Waals surface area contributed by atoms with E-state index in [1.165, 1.54) is 18.2 Å². The largest absolute Gasteiger partial charge is 0.444 e. The maximum Gasteiger partial charge on any atom is 0.252 e. The average Bonchev–Trinajstić information content (AvgIpc) is 2.88. The molecule has 1 aromatic carbocycles. The van der Waals surface area contributed by atoms with Crippen LogP contribution in [0.15, 0.2) is 28.8 Å². The number of carbonyl (C=O) groups is 1. The van der Waals surface area contributed by atoms with Crippen molar-refractivity contribution in [2.45, 2.75) is 13.5 Å². The molecule has 0 aliphatic heterocycles. The van der Waals surface area contributed by atoms with Crippen LogP contribution in [-0.4, -0.2) is 17.4 Å². The zero-order chi connectivity index (χ0) is 15.2. The van der Waals surface area contributed by atoms with Gasteiger partial charge in [0, 0.05) is 5.56 Å². The van der Waals surface area contributed by atoms with Crippen molar-refractivity contribution in [2.75, 3.05) is 6.54 Å². The van der Waals surface area contributed by atoms with E-state index in [4.69, 9.17) is 10.2 Å². The molecule has 6 heteroatoms. The first-order chi connectivity index (χ1) is 10.1. The van der Waals surface area contributed by atoms with Gasteiger partial charge in [-0.3, -0.25) is 4.79 Å². The molecule has 2 rings (SSSR count). The van der Waals surface area contributed by atoms with E-state index >= 15 is 0 Å². The van der Waals surface area contributed by atoms with E-state index in [1.807, 2.05) is 0 Å². The summed E-state index contributed by atoms with van der Waals surface area (Å²) in [4.78, 5) is 16.1. The fraction of sp³-hybridized carbons (Fsp3) is 0.200. The van der Waals surface area contributed by atoms with Gasteiger partial charge in [-0.1, -0.05) is 11.8 Å². The quantitative estimate of drug-likeness (QED) is 0.835. The summed E-state index contributed by atoms with van der Waals surface area (Å²) in [5.41, 5.74) is 5.86. The maximum absolute atomic E-state index is 13.2. The third kappa shape index (κ3) is 3.91. The smallest absolute Gasteiger partial charge is 0.252 e. The second-order valence-electron chi connectivity index (χ2n) is 4.24. The molecule has 0 atom stereocenters. The van der Waals surface area contributed by atoms with E-state index < -0.39 is 5.82 Å². The second-order valence-corrected chi connectivity index (χ2v) is 4.24. The molecule has 1 aromatic heterocycles. The van der Waals surface area contributed by atoms with Crippen molar-refractivity contribution in [1.82, 2.24) is 10.3 Å². The van der Waals surface area contributed by atoms with Crippen LogP contribution in [-0.2, 0) is 6.54 Å². The number of nitrogens with one attached hydrogen (secondary N) is 1. The monoisotopic (exact) mass is 287 g/mol. The van der Waals surface area contributed by atoms with E-state index in [1.54, 1.807) is 13.1 Å². The van der Waals surface area contributed by atoms with Gasteiger partial charge in [0.2, 0.25) is 5.89 Å². The predicted molar refractivity (Wildman–Crippen MR) is 74.7 cm³/mol. The molecule has 1 heterocycles. The van der Waals surface area contributed by atoms with E-state index in [9.17, 15) is 9.18 Å². The van der Waals surface area contributed by atoms with Gasteiger partial charge in [-0.15, -0.1) is 0 Å². The highest BCUT2D eigenvalue weighted by Crippen LogP contribution is 2.11. The minimum Gasteiger partial charge on any atom is -0.444 e. The van der Waals surface area contributed by atoms with Gasteiger partial charge in [-0.05, 0) is 25.1 Å². The fourth-order valence-electron chi connectivity index (χ4n) is 1.70. The van der Waals surface area contributed by atoms with Gasteiger partial charge in [0.05, 0.1) is 24.8 Å². The molecule has 0 fully saturated rings. The molecule has 0 radical (unpaired) electrons. The molecule has 3 N–H and O–H groups in total. The van der Waals surface area contributed by atoms with E-state index in [-0.39, 0.29) is 24.6 Å². The summed E-state index contributed by atoms with van der Waals surface area (Å²) < 4.78 is 18.5. The van der Waals surface area contributed by atoms with Gasteiger partial charge in [-0.25, -0.2) is 9.37 Å². The minimum atomic E-state index is -0.462. The van der Waals surface area contributed by atoms with Gasteiger partial charge in [-0.2, -0.15) is 0 Å². The number of carbonyl (C=O) groups excluding carboxylic acids is 1. The summed E-state index contributed by atoms with van der Waals surface area (Å²) in [6.07, 6.45) is 1.57. The molecule has 0 bridgehead atoms. The van der Waals surface area contributed by atoms with Crippen molar-refractivity contribution in [1.29, 1.82) is 0 Å². The number of hydrogen-bond donors (Lipinski definition) is 2. The van der Waals surface area contributed by atoms with Gasteiger partial charge >= 0.3 is 0 Å². The molecule has 5 nitrogen and oxygen atoms in total. The third-order valence-corrected chi connectivity index (χ3v) is 2.62. The first kappa shape index (κ1) is 14.8. The van der Waals surface area contributed by atoms with Crippen molar-refractivity contribution in [3.05, 3.63) is 53.0 Å². The molecule has 0 aliphatic rings. The maximum atomic E-state index is 13.2. The Kier molecular flexibility index (Phi) is 4.69. The van der Waals surface area contributed by atoms with Crippen LogP contribution >= 0.6 is 0 Å². The number of hydrogen-bond acceptors (Lipinski definition) is 4. The third-order valence-electron chi connectivity index (χ3n) is 2.62. The summed E-state index contributed by atoms with van der Waals surface area (Å²) in [7, 11) is 0. The molecule has 108 valence electrons. The SMILES string of the molecule is Cc1cnc(CNC(=O)c2ccc(F)cc2C#CCN)o1. The summed E-state index contributed by atoms with van der Waals surface area (Å²) in [6.45, 7) is 2.04. The molecule has 1 amide bonds. The number of halogens is 1. The lowest BCUT2D eigenvalue weighted by atomic mass is 10.1. The Morgan fingerprint density at radius 1 is 1.52 bits per heavy atom. The molecule has 21 heavy (non-hydrogen) atoms. The second kappa shape index (κ2) is 6.68. The number of aromatic nitrogens is 1. The summed E-state index contributed by atoms with van der Waals surface area (Å²) in [5, 5.41) is 2.65. The van der Waals surface area contributed by atoms with Crippen LogP contribution in [0.1, 0.15) is 27.6 Å². The highest BCUT2D eigenvalue weighted by atomic mass is 19.1. The molecule has 0 saturated carbocycles. The first-order valence-electron chi connectivity index (χ1n) is 6.28. The molecule has 2 aromatic rings. The molecule has 0 spiro atoms. The Labute approximate surface area is 121 Å². The summed E-state index contributed by atoms with van der Waals surface area (Å²) >= 11 is 0. The molecule has 0 unspecified atom stereocenters. The number of amides is 1. The van der Waals surface area contributed by atoms with Crippen molar-refractivity contribution in [3.63, 3.8) is 0 Å². The van der Waals surface area contributed by atoms with E-state index in [2.05, 4.69) is 22.1 Å². The van der Waals surface area contributed by atoms with Crippen molar-refractivity contribution in [2.24, 2.45) is 5.73 Å². The Morgan fingerprint density at radius 2 is 2.33 bits per heavy atom. The van der Waals surface area contributed by atoms with Crippen LogP contribution in [0.2, 0.25) is 0 Å². The summed E-state index contributed by atoms with van der Waals surface area (Å²) in [5.74, 6) is 5.51. The van der Waals surface area contributed by atoms with Crippen LogP contribution in [0.4, 0.5) is 4.39 Å². The minimum absolute atomic E-state index is 0.132. The number of aryl methyl sites for hydroxylation is 1. The summed E-state index contributed by atoms with van der Waals surface area (Å²) in [6, 6.07) is 3.79. The predicted octanol–water partition coefficient (Wildman–Crippen LogP) is 1.36. The molecule has 0 saturated heterocycles. The van der Waals surface area contributed by atoms with E-state index in [0.29, 0.717) is 17.2 Å². The zero-order valence-electron chi connectivity index (χ0n) is 11.4. The van der Waals surface area contributed by atoms with Crippen LogP contribution in [0.5, 0.6) is 0 Å². The number of benzene rings is 1. The van der Waals surface area contributed by atoms with Crippen LogP contribution in [0, 0.1) is 24.6 Å². The van der Waals surface area contributed by atoms with Crippen molar-refractivity contribution >= 4 is 5.91 Å². The normalized spacial score (nSPS) is 9.86. The topological polar surface area (TPSA) is 81.2 Å². The van der Waals surface area contributed by atoms with Gasteiger partial charge < -0.3 is 15.5 Å². The van der Waals surface area contributed by atoms with Crippen molar-refractivity contribution in [3.8, 4) is 11.8 Å². The Morgan fingerprint density at radius 3 is 3.00 bits per heavy atom. The Balaban J connectivity index is 2.14. The number of oxazole rings is 1. The van der Waals surface area contributed by atoms with E-state index in [0.717, 1.165) is 0 Å². The lowest BCUT2D eigenvalue weighted by molar-refractivity contribution is 0.0947. The first-order valence-corrected chi connectivity index (χ1v) is 6.28. The fourth-order valence-corrected chi connectivity index (χ4v) is 1.70. The van der Waals surface area contributed by atoms with Crippen molar-refractivity contribution < 1.29 is 13.6 Å². The molecule has 0 aliphatic carbocycles. The van der Waals surface area contributed by atoms with Gasteiger partial charge in [0.1, 0.15) is 11.6 Å².